The van der Waals surface area contributed by atoms with Crippen LogP contribution in [0.5, 0.6) is 0 Å². The number of aromatic amines is 1. The van der Waals surface area contributed by atoms with Crippen LogP contribution in [0.1, 0.15) is 23.0 Å². The minimum absolute atomic E-state index is 0.216. The van der Waals surface area contributed by atoms with Crippen LogP contribution >= 0.6 is 0 Å². The number of carbonyl (C=O) groups excluding carboxylic acids is 1. The number of amides is 1. The first-order valence-corrected chi connectivity index (χ1v) is 6.09. The Morgan fingerprint density at radius 1 is 1.42 bits per heavy atom. The van der Waals surface area contributed by atoms with Gasteiger partial charge in [-0.15, -0.1) is 0 Å². The summed E-state index contributed by atoms with van der Waals surface area (Å²) in [5, 5.41) is 9.59. The van der Waals surface area contributed by atoms with Gasteiger partial charge in [-0.25, -0.2) is 4.98 Å². The van der Waals surface area contributed by atoms with Crippen molar-refractivity contribution in [3.63, 3.8) is 0 Å². The number of aryl methyl sites for hydroxylation is 1. The lowest BCUT2D eigenvalue weighted by atomic mass is 10.2. The molecule has 0 saturated heterocycles. The zero-order valence-corrected chi connectivity index (χ0v) is 11.3. The van der Waals surface area contributed by atoms with E-state index in [1.807, 2.05) is 32.0 Å². The van der Waals surface area contributed by atoms with Crippen molar-refractivity contribution >= 4 is 17.5 Å². The number of nitrogens with zero attached hydrogens (tertiary/aromatic N) is 3. The molecule has 0 aromatic carbocycles. The monoisotopic (exact) mass is 259 g/mol. The Bertz CT molecular complexity index is 559. The topological polar surface area (TPSA) is 73.9 Å². The van der Waals surface area contributed by atoms with Gasteiger partial charge in [0.05, 0.1) is 5.56 Å². The van der Waals surface area contributed by atoms with Crippen molar-refractivity contribution in [1.29, 1.82) is 0 Å². The maximum atomic E-state index is 12.0. The fourth-order valence-corrected chi connectivity index (χ4v) is 1.58. The summed E-state index contributed by atoms with van der Waals surface area (Å²) in [6.45, 7) is 2.02. The molecule has 19 heavy (non-hydrogen) atoms. The van der Waals surface area contributed by atoms with Gasteiger partial charge in [-0.1, -0.05) is 6.92 Å². The molecule has 0 saturated carbocycles. The van der Waals surface area contributed by atoms with Crippen molar-refractivity contribution in [3.8, 4) is 0 Å². The van der Waals surface area contributed by atoms with Crippen molar-refractivity contribution < 1.29 is 4.79 Å². The Balaban J connectivity index is 2.07. The summed E-state index contributed by atoms with van der Waals surface area (Å²) >= 11 is 0. The molecule has 6 nitrogen and oxygen atoms in total. The number of aromatic nitrogens is 3. The van der Waals surface area contributed by atoms with Gasteiger partial charge in [0.25, 0.3) is 5.91 Å². The Labute approximate surface area is 111 Å². The highest BCUT2D eigenvalue weighted by molar-refractivity contribution is 6.03. The third-order valence-corrected chi connectivity index (χ3v) is 2.72. The molecule has 0 bridgehead atoms. The number of pyridine rings is 1. The first kappa shape index (κ1) is 13.1. The number of hydrogen-bond acceptors (Lipinski definition) is 4. The summed E-state index contributed by atoms with van der Waals surface area (Å²) in [6.07, 6.45) is 2.40. The van der Waals surface area contributed by atoms with Crippen LogP contribution in [-0.4, -0.2) is 35.2 Å². The molecule has 0 aliphatic heterocycles. The highest BCUT2D eigenvalue weighted by Gasteiger charge is 2.09. The van der Waals surface area contributed by atoms with Crippen molar-refractivity contribution in [2.75, 3.05) is 24.3 Å². The summed E-state index contributed by atoms with van der Waals surface area (Å²) in [5.41, 5.74) is 1.49. The van der Waals surface area contributed by atoms with Gasteiger partial charge >= 0.3 is 0 Å². The molecule has 2 N–H and O–H groups in total. The van der Waals surface area contributed by atoms with Crippen LogP contribution in [0, 0.1) is 0 Å². The fraction of sp³-hybridized carbons (Fsp3) is 0.308. The highest BCUT2D eigenvalue weighted by atomic mass is 16.1. The lowest BCUT2D eigenvalue weighted by Crippen LogP contribution is -2.14. The second kappa shape index (κ2) is 5.51. The van der Waals surface area contributed by atoms with Crippen LogP contribution in [0.4, 0.5) is 11.6 Å². The molecule has 100 valence electrons. The minimum atomic E-state index is -0.216. The Hall–Kier alpha value is -2.37. The van der Waals surface area contributed by atoms with Crippen molar-refractivity contribution in [3.05, 3.63) is 35.7 Å². The average Bonchev–Trinajstić information content (AvgIpc) is 2.86. The largest absolute Gasteiger partial charge is 0.363 e. The van der Waals surface area contributed by atoms with Crippen molar-refractivity contribution in [2.24, 2.45) is 0 Å². The summed E-state index contributed by atoms with van der Waals surface area (Å²) in [6, 6.07) is 5.36. The molecule has 6 heteroatoms. The van der Waals surface area contributed by atoms with E-state index in [0.29, 0.717) is 11.4 Å². The van der Waals surface area contributed by atoms with Gasteiger partial charge in [0.1, 0.15) is 5.82 Å². The summed E-state index contributed by atoms with van der Waals surface area (Å²) in [5.74, 6) is 1.12. The average molecular weight is 259 g/mol. The third-order valence-electron chi connectivity index (χ3n) is 2.72. The molecule has 0 unspecified atom stereocenters. The predicted octanol–water partition coefficient (Wildman–Crippen LogP) is 1.69. The first-order valence-electron chi connectivity index (χ1n) is 6.09. The minimum Gasteiger partial charge on any atom is -0.363 e. The number of carbonyl (C=O) groups is 1. The van der Waals surface area contributed by atoms with E-state index in [9.17, 15) is 4.79 Å². The molecule has 2 rings (SSSR count). The molecular weight excluding hydrogens is 242 g/mol. The van der Waals surface area contributed by atoms with Gasteiger partial charge in [-0.05, 0) is 18.6 Å². The van der Waals surface area contributed by atoms with Gasteiger partial charge in [-0.2, -0.15) is 5.10 Å². The summed E-state index contributed by atoms with van der Waals surface area (Å²) < 4.78 is 0. The van der Waals surface area contributed by atoms with E-state index in [-0.39, 0.29) is 5.91 Å². The van der Waals surface area contributed by atoms with Crippen molar-refractivity contribution in [2.45, 2.75) is 13.3 Å². The standard InChI is InChI=1S/C13H17N5O/c1-4-10-7-11(17-16-10)15-13(19)9-5-6-12(14-8-9)18(2)3/h5-8H,4H2,1-3H3,(H2,15,16,17,19). The first-order chi connectivity index (χ1) is 9.10. The maximum Gasteiger partial charge on any atom is 0.258 e. The Morgan fingerprint density at radius 2 is 2.21 bits per heavy atom. The SMILES string of the molecule is CCc1cc(NC(=O)c2ccc(N(C)C)nc2)n[nH]1. The van der Waals surface area contributed by atoms with Crippen LogP contribution < -0.4 is 10.2 Å². The molecule has 0 atom stereocenters. The van der Waals surface area contributed by atoms with Crippen LogP contribution in [-0.2, 0) is 6.42 Å². The fourth-order valence-electron chi connectivity index (χ4n) is 1.58. The molecule has 2 aromatic rings. The molecule has 2 aromatic heterocycles. The Morgan fingerprint density at radius 3 is 2.74 bits per heavy atom. The van der Waals surface area contributed by atoms with Crippen LogP contribution in [0.3, 0.4) is 0 Å². The van der Waals surface area contributed by atoms with Gasteiger partial charge in [-0.3, -0.25) is 9.89 Å². The van der Waals surface area contributed by atoms with Crippen LogP contribution in [0.15, 0.2) is 24.4 Å². The molecule has 0 radical (unpaired) electrons. The van der Waals surface area contributed by atoms with Crippen molar-refractivity contribution in [1.82, 2.24) is 15.2 Å². The van der Waals surface area contributed by atoms with E-state index < -0.39 is 0 Å². The van der Waals surface area contributed by atoms with E-state index in [1.54, 1.807) is 18.3 Å². The quantitative estimate of drug-likeness (QED) is 0.876. The molecule has 0 spiro atoms. The molecule has 0 aliphatic carbocycles. The number of hydrogen-bond donors (Lipinski definition) is 2. The number of rotatable bonds is 4. The molecular formula is C13H17N5O. The van der Waals surface area contributed by atoms with E-state index in [2.05, 4.69) is 20.5 Å². The number of H-pyrrole nitrogens is 1. The number of nitrogens with one attached hydrogen (secondary N) is 2. The van der Waals surface area contributed by atoms with Crippen LogP contribution in [0.2, 0.25) is 0 Å². The highest BCUT2D eigenvalue weighted by Crippen LogP contribution is 2.11. The third kappa shape index (κ3) is 3.09. The smallest absolute Gasteiger partial charge is 0.258 e. The summed E-state index contributed by atoms with van der Waals surface area (Å²) in [7, 11) is 3.80. The van der Waals surface area contributed by atoms with E-state index in [1.165, 1.54) is 0 Å². The lowest BCUT2D eigenvalue weighted by molar-refractivity contribution is 0.102. The molecule has 1 amide bonds. The lowest BCUT2D eigenvalue weighted by Gasteiger charge is -2.10. The molecule has 2 heterocycles. The van der Waals surface area contributed by atoms with Gasteiger partial charge in [0, 0.05) is 32.1 Å². The maximum absolute atomic E-state index is 12.0. The van der Waals surface area contributed by atoms with E-state index in [0.717, 1.165) is 17.9 Å². The normalized spacial score (nSPS) is 10.3. The van der Waals surface area contributed by atoms with E-state index >= 15 is 0 Å². The molecule has 0 fully saturated rings. The number of anilines is 2. The molecule has 0 aliphatic rings. The second-order valence-corrected chi connectivity index (χ2v) is 4.39. The van der Waals surface area contributed by atoms with Crippen LogP contribution in [0.25, 0.3) is 0 Å². The second-order valence-electron chi connectivity index (χ2n) is 4.39. The van der Waals surface area contributed by atoms with Gasteiger partial charge < -0.3 is 10.2 Å². The predicted molar refractivity (Wildman–Crippen MR) is 74.5 cm³/mol. The van der Waals surface area contributed by atoms with Gasteiger partial charge in [0.2, 0.25) is 0 Å². The zero-order valence-electron chi connectivity index (χ0n) is 11.3. The van der Waals surface area contributed by atoms with Gasteiger partial charge in [0.15, 0.2) is 5.82 Å². The zero-order chi connectivity index (χ0) is 13.8. The van der Waals surface area contributed by atoms with E-state index in [4.69, 9.17) is 0 Å². The Kier molecular flexibility index (Phi) is 3.79. The summed E-state index contributed by atoms with van der Waals surface area (Å²) in [4.78, 5) is 18.1.